The Balaban J connectivity index is 1.41. The smallest absolute Gasteiger partial charge is 0.328 e. The van der Waals surface area contributed by atoms with Crippen LogP contribution in [0.5, 0.6) is 0 Å². The standard InChI is InChI=1S/C28H47NO5/c1-16(6-9-24(32)29-17(2)26(33)34-5)20-7-8-21-25-22(11-13-28(20,21)4)27(3)12-10-19(30)14-18(27)15-23(25)31/h16-23,25,30-31H,6-15H2,1-5H3,(H,29,32)/t16-,17+,18+,19-,20-,21+,22+,23-,25+,27+,28-/m1/s1. The van der Waals surface area contributed by atoms with E-state index in [1.54, 1.807) is 6.92 Å². The zero-order valence-corrected chi connectivity index (χ0v) is 21.9. The van der Waals surface area contributed by atoms with Crippen molar-refractivity contribution >= 4 is 11.9 Å². The van der Waals surface area contributed by atoms with E-state index < -0.39 is 12.0 Å². The van der Waals surface area contributed by atoms with Gasteiger partial charge >= 0.3 is 5.97 Å². The second-order valence-corrected chi connectivity index (χ2v) is 12.8. The monoisotopic (exact) mass is 477 g/mol. The van der Waals surface area contributed by atoms with E-state index in [2.05, 4.69) is 26.1 Å². The van der Waals surface area contributed by atoms with Crippen LogP contribution in [0.25, 0.3) is 0 Å². The summed E-state index contributed by atoms with van der Waals surface area (Å²) in [5.41, 5.74) is 0.470. The van der Waals surface area contributed by atoms with Crippen LogP contribution in [-0.2, 0) is 14.3 Å². The molecule has 0 aromatic heterocycles. The summed E-state index contributed by atoms with van der Waals surface area (Å²) in [6.07, 6.45) is 9.25. The lowest BCUT2D eigenvalue weighted by molar-refractivity contribution is -0.174. The molecule has 0 aromatic rings. The first-order valence-corrected chi connectivity index (χ1v) is 13.7. The molecule has 11 atom stereocenters. The summed E-state index contributed by atoms with van der Waals surface area (Å²) < 4.78 is 4.70. The number of fused-ring (bicyclic) bond motifs is 5. The number of hydrogen-bond donors (Lipinski definition) is 3. The van der Waals surface area contributed by atoms with Gasteiger partial charge in [-0.15, -0.1) is 0 Å². The Bertz CT molecular complexity index is 772. The van der Waals surface area contributed by atoms with Crippen molar-refractivity contribution in [3.63, 3.8) is 0 Å². The van der Waals surface area contributed by atoms with Crippen LogP contribution >= 0.6 is 0 Å². The number of carbonyl (C=O) groups excluding carboxylic acids is 2. The Morgan fingerprint density at radius 1 is 1.00 bits per heavy atom. The highest BCUT2D eigenvalue weighted by atomic mass is 16.5. The van der Waals surface area contributed by atoms with Crippen LogP contribution in [-0.4, -0.2) is 47.4 Å². The van der Waals surface area contributed by atoms with Crippen LogP contribution in [0.4, 0.5) is 0 Å². The van der Waals surface area contributed by atoms with Gasteiger partial charge < -0.3 is 20.3 Å². The molecule has 4 fully saturated rings. The predicted octanol–water partition coefficient (Wildman–Crippen LogP) is 4.07. The lowest BCUT2D eigenvalue weighted by Crippen LogP contribution is -2.58. The SMILES string of the molecule is COC(=O)[C@H](C)NC(=O)CC[C@@H](C)[C@H]1CC[C@H]2[C@@H]3[C@H](O)C[C@@H]4C[C@H](O)CC[C@]4(C)[C@H]3CC[C@]12C. The normalized spacial score (nSPS) is 45.3. The molecule has 0 radical (unpaired) electrons. The van der Waals surface area contributed by atoms with Gasteiger partial charge in [0.15, 0.2) is 0 Å². The number of methoxy groups -OCH3 is 1. The Morgan fingerprint density at radius 3 is 2.38 bits per heavy atom. The molecule has 34 heavy (non-hydrogen) atoms. The Labute approximate surface area is 205 Å². The summed E-state index contributed by atoms with van der Waals surface area (Å²) in [5.74, 6) is 2.41. The Hall–Kier alpha value is -1.14. The topological polar surface area (TPSA) is 95.9 Å². The van der Waals surface area contributed by atoms with E-state index in [-0.39, 0.29) is 28.9 Å². The van der Waals surface area contributed by atoms with E-state index in [9.17, 15) is 19.8 Å². The van der Waals surface area contributed by atoms with Crippen molar-refractivity contribution in [1.29, 1.82) is 0 Å². The van der Waals surface area contributed by atoms with Crippen molar-refractivity contribution in [2.24, 2.45) is 46.3 Å². The zero-order chi connectivity index (χ0) is 24.8. The minimum absolute atomic E-state index is 0.0886. The van der Waals surface area contributed by atoms with Gasteiger partial charge in [-0.3, -0.25) is 4.79 Å². The number of aliphatic hydroxyl groups excluding tert-OH is 2. The summed E-state index contributed by atoms with van der Waals surface area (Å²) >= 11 is 0. The second kappa shape index (κ2) is 9.72. The summed E-state index contributed by atoms with van der Waals surface area (Å²) in [6.45, 7) is 8.87. The van der Waals surface area contributed by atoms with Crippen LogP contribution in [0.3, 0.4) is 0 Å². The van der Waals surface area contributed by atoms with Crippen molar-refractivity contribution < 1.29 is 24.5 Å². The number of ether oxygens (including phenoxy) is 1. The molecule has 0 bridgehead atoms. The number of aliphatic hydroxyl groups is 2. The molecule has 0 unspecified atom stereocenters. The van der Waals surface area contributed by atoms with E-state index in [1.165, 1.54) is 32.8 Å². The van der Waals surface area contributed by atoms with Crippen LogP contribution in [0.1, 0.15) is 91.9 Å². The highest BCUT2D eigenvalue weighted by molar-refractivity contribution is 5.84. The zero-order valence-electron chi connectivity index (χ0n) is 21.9. The van der Waals surface area contributed by atoms with Crippen molar-refractivity contribution in [3.8, 4) is 0 Å². The van der Waals surface area contributed by atoms with Gasteiger partial charge in [0.2, 0.25) is 5.91 Å². The maximum absolute atomic E-state index is 12.4. The molecule has 4 aliphatic rings. The molecule has 4 aliphatic carbocycles. The van der Waals surface area contributed by atoms with Crippen LogP contribution < -0.4 is 5.32 Å². The molecule has 4 rings (SSSR count). The van der Waals surface area contributed by atoms with E-state index in [0.29, 0.717) is 41.9 Å². The molecule has 6 heteroatoms. The predicted molar refractivity (Wildman–Crippen MR) is 131 cm³/mol. The fourth-order valence-electron chi connectivity index (χ4n) is 9.28. The molecular weight excluding hydrogens is 430 g/mol. The average molecular weight is 478 g/mol. The quantitative estimate of drug-likeness (QED) is 0.501. The van der Waals surface area contributed by atoms with Gasteiger partial charge in [0.25, 0.3) is 0 Å². The largest absolute Gasteiger partial charge is 0.467 e. The fourth-order valence-corrected chi connectivity index (χ4v) is 9.28. The minimum atomic E-state index is -0.615. The van der Waals surface area contributed by atoms with Crippen molar-refractivity contribution in [2.45, 2.75) is 110 Å². The number of nitrogens with one attached hydrogen (secondary N) is 1. The number of hydrogen-bond acceptors (Lipinski definition) is 5. The molecule has 194 valence electrons. The molecule has 0 saturated heterocycles. The number of amides is 1. The molecule has 0 heterocycles. The van der Waals surface area contributed by atoms with Gasteiger partial charge in [0.1, 0.15) is 6.04 Å². The molecule has 0 aromatic carbocycles. The highest BCUT2D eigenvalue weighted by Gasteiger charge is 2.62. The van der Waals surface area contributed by atoms with Gasteiger partial charge in [-0.1, -0.05) is 20.8 Å². The van der Waals surface area contributed by atoms with Crippen molar-refractivity contribution in [1.82, 2.24) is 5.32 Å². The van der Waals surface area contributed by atoms with Gasteiger partial charge in [0.05, 0.1) is 19.3 Å². The molecule has 3 N–H and O–H groups in total. The minimum Gasteiger partial charge on any atom is -0.467 e. The Morgan fingerprint density at radius 2 is 1.68 bits per heavy atom. The number of rotatable bonds is 6. The molecule has 4 saturated carbocycles. The van der Waals surface area contributed by atoms with Crippen LogP contribution in [0.2, 0.25) is 0 Å². The molecule has 0 spiro atoms. The van der Waals surface area contributed by atoms with Crippen LogP contribution in [0.15, 0.2) is 0 Å². The molecule has 6 nitrogen and oxygen atoms in total. The maximum atomic E-state index is 12.4. The summed E-state index contributed by atoms with van der Waals surface area (Å²) in [5, 5.41) is 24.4. The van der Waals surface area contributed by atoms with Gasteiger partial charge in [-0.2, -0.15) is 0 Å². The van der Waals surface area contributed by atoms with Crippen molar-refractivity contribution in [2.75, 3.05) is 7.11 Å². The van der Waals surface area contributed by atoms with Crippen LogP contribution in [0, 0.1) is 46.3 Å². The third-order valence-electron chi connectivity index (χ3n) is 11.2. The first-order valence-electron chi connectivity index (χ1n) is 13.7. The molecule has 0 aliphatic heterocycles. The van der Waals surface area contributed by atoms with E-state index in [1.807, 2.05) is 0 Å². The van der Waals surface area contributed by atoms with Crippen molar-refractivity contribution in [3.05, 3.63) is 0 Å². The average Bonchev–Trinajstić information content (AvgIpc) is 3.15. The van der Waals surface area contributed by atoms with Gasteiger partial charge in [0, 0.05) is 6.42 Å². The summed E-state index contributed by atoms with van der Waals surface area (Å²) in [6, 6.07) is -0.615. The lowest BCUT2D eigenvalue weighted by Gasteiger charge is -2.62. The maximum Gasteiger partial charge on any atom is 0.328 e. The van der Waals surface area contributed by atoms with E-state index in [0.717, 1.165) is 32.1 Å². The third kappa shape index (κ3) is 4.42. The number of esters is 1. The van der Waals surface area contributed by atoms with E-state index in [4.69, 9.17) is 4.74 Å². The molecule has 1 amide bonds. The third-order valence-corrected chi connectivity index (χ3v) is 11.2. The number of carbonyl (C=O) groups is 2. The van der Waals surface area contributed by atoms with Gasteiger partial charge in [-0.05, 0) is 111 Å². The first kappa shape index (κ1) is 25.9. The summed E-state index contributed by atoms with van der Waals surface area (Å²) in [4.78, 5) is 24.0. The van der Waals surface area contributed by atoms with Gasteiger partial charge in [-0.25, -0.2) is 4.79 Å². The second-order valence-electron chi connectivity index (χ2n) is 12.8. The lowest BCUT2D eigenvalue weighted by atomic mass is 9.43. The Kier molecular flexibility index (Phi) is 7.42. The first-order chi connectivity index (χ1) is 16.0. The summed E-state index contributed by atoms with van der Waals surface area (Å²) in [7, 11) is 1.33. The molecular formula is C28H47NO5. The fraction of sp³-hybridized carbons (Fsp3) is 0.929. The highest BCUT2D eigenvalue weighted by Crippen LogP contribution is 2.68. The van der Waals surface area contributed by atoms with E-state index >= 15 is 0 Å².